The summed E-state index contributed by atoms with van der Waals surface area (Å²) in [6, 6.07) is 9.68. The van der Waals surface area contributed by atoms with E-state index in [1.165, 1.54) is 0 Å². The molecule has 0 saturated heterocycles. The predicted octanol–water partition coefficient (Wildman–Crippen LogP) is 1.61. The highest BCUT2D eigenvalue weighted by Gasteiger charge is 2.33. The fraction of sp³-hybridized carbons (Fsp3) is 0.571. The van der Waals surface area contributed by atoms with Crippen LogP contribution in [-0.2, 0) is 0 Å². The van der Waals surface area contributed by atoms with Crippen molar-refractivity contribution in [3.05, 3.63) is 35.9 Å². The van der Waals surface area contributed by atoms with Crippen LogP contribution in [0.15, 0.2) is 30.3 Å². The first kappa shape index (κ1) is 12.6. The van der Waals surface area contributed by atoms with Crippen molar-refractivity contribution in [1.29, 1.82) is 0 Å². The SMILES string of the molecule is O[C@H](CCNCC1(O)CCC1)c1ccccc1. The van der Waals surface area contributed by atoms with Gasteiger partial charge in [0, 0.05) is 6.54 Å². The first-order valence-electron chi connectivity index (χ1n) is 6.36. The van der Waals surface area contributed by atoms with E-state index in [-0.39, 0.29) is 0 Å². The molecule has 1 fully saturated rings. The second-order valence-electron chi connectivity index (χ2n) is 4.97. The van der Waals surface area contributed by atoms with E-state index in [4.69, 9.17) is 0 Å². The lowest BCUT2D eigenvalue weighted by Crippen LogP contribution is -2.46. The number of rotatable bonds is 6. The lowest BCUT2D eigenvalue weighted by molar-refractivity contribution is -0.0316. The molecule has 3 nitrogen and oxygen atoms in total. The second-order valence-corrected chi connectivity index (χ2v) is 4.97. The summed E-state index contributed by atoms with van der Waals surface area (Å²) in [6.07, 6.45) is 3.20. The Kier molecular flexibility index (Phi) is 4.15. The second kappa shape index (κ2) is 5.63. The van der Waals surface area contributed by atoms with Crippen molar-refractivity contribution >= 4 is 0 Å². The summed E-state index contributed by atoms with van der Waals surface area (Å²) < 4.78 is 0. The van der Waals surface area contributed by atoms with Crippen LogP contribution in [0, 0.1) is 0 Å². The minimum absolute atomic E-state index is 0.417. The quantitative estimate of drug-likeness (QED) is 0.657. The van der Waals surface area contributed by atoms with Crippen molar-refractivity contribution in [2.45, 2.75) is 37.4 Å². The van der Waals surface area contributed by atoms with Gasteiger partial charge in [-0.15, -0.1) is 0 Å². The third-order valence-electron chi connectivity index (χ3n) is 3.52. The predicted molar refractivity (Wildman–Crippen MR) is 67.7 cm³/mol. The number of benzene rings is 1. The van der Waals surface area contributed by atoms with E-state index in [0.717, 1.165) is 31.4 Å². The van der Waals surface area contributed by atoms with Gasteiger partial charge in [0.15, 0.2) is 0 Å². The number of aliphatic hydroxyl groups is 2. The van der Waals surface area contributed by atoms with Crippen LogP contribution < -0.4 is 5.32 Å². The third-order valence-corrected chi connectivity index (χ3v) is 3.52. The fourth-order valence-corrected chi connectivity index (χ4v) is 2.16. The van der Waals surface area contributed by atoms with Crippen LogP contribution in [0.2, 0.25) is 0 Å². The van der Waals surface area contributed by atoms with Gasteiger partial charge in [-0.2, -0.15) is 0 Å². The Balaban J connectivity index is 1.65. The fourth-order valence-electron chi connectivity index (χ4n) is 2.16. The molecule has 1 aromatic rings. The summed E-state index contributed by atoms with van der Waals surface area (Å²) in [7, 11) is 0. The molecule has 0 unspecified atom stereocenters. The average Bonchev–Trinajstić information content (AvgIpc) is 2.33. The zero-order valence-corrected chi connectivity index (χ0v) is 10.1. The van der Waals surface area contributed by atoms with Crippen LogP contribution in [0.4, 0.5) is 0 Å². The van der Waals surface area contributed by atoms with Crippen LogP contribution in [0.3, 0.4) is 0 Å². The summed E-state index contributed by atoms with van der Waals surface area (Å²) in [5, 5.41) is 23.0. The first-order chi connectivity index (χ1) is 8.20. The van der Waals surface area contributed by atoms with Gasteiger partial charge < -0.3 is 15.5 Å². The molecule has 0 bridgehead atoms. The molecule has 3 N–H and O–H groups in total. The Morgan fingerprint density at radius 2 is 1.94 bits per heavy atom. The van der Waals surface area contributed by atoms with Crippen molar-refractivity contribution < 1.29 is 10.2 Å². The maximum absolute atomic E-state index is 9.92. The average molecular weight is 235 g/mol. The Morgan fingerprint density at radius 3 is 2.53 bits per heavy atom. The van der Waals surface area contributed by atoms with Crippen molar-refractivity contribution in [3.8, 4) is 0 Å². The standard InChI is InChI=1S/C14H21NO2/c16-13(12-5-2-1-3-6-12)7-10-15-11-14(17)8-4-9-14/h1-3,5-6,13,15-17H,4,7-11H2/t13-/m1/s1. The van der Waals surface area contributed by atoms with Crippen LogP contribution in [0.1, 0.15) is 37.4 Å². The third kappa shape index (κ3) is 3.53. The van der Waals surface area contributed by atoms with E-state index >= 15 is 0 Å². The Hall–Kier alpha value is -0.900. The maximum atomic E-state index is 9.92. The van der Waals surface area contributed by atoms with Gasteiger partial charge in [0.1, 0.15) is 0 Å². The summed E-state index contributed by atoms with van der Waals surface area (Å²) in [5.74, 6) is 0. The van der Waals surface area contributed by atoms with Crippen LogP contribution in [0.5, 0.6) is 0 Å². The lowest BCUT2D eigenvalue weighted by atomic mass is 9.80. The molecule has 17 heavy (non-hydrogen) atoms. The molecule has 1 saturated carbocycles. The molecule has 3 heteroatoms. The highest BCUT2D eigenvalue weighted by Crippen LogP contribution is 2.30. The van der Waals surface area contributed by atoms with Gasteiger partial charge in [-0.05, 0) is 37.8 Å². The summed E-state index contributed by atoms with van der Waals surface area (Å²) in [5.41, 5.74) is 0.481. The van der Waals surface area contributed by atoms with Crippen molar-refractivity contribution in [2.75, 3.05) is 13.1 Å². The monoisotopic (exact) mass is 235 g/mol. The molecule has 1 atom stereocenters. The molecular formula is C14H21NO2. The molecule has 0 heterocycles. The Labute approximate surface area is 102 Å². The van der Waals surface area contributed by atoms with Crippen LogP contribution >= 0.6 is 0 Å². The molecule has 0 aliphatic heterocycles. The largest absolute Gasteiger partial charge is 0.389 e. The molecule has 0 spiro atoms. The number of hydrogen-bond acceptors (Lipinski definition) is 3. The highest BCUT2D eigenvalue weighted by atomic mass is 16.3. The summed E-state index contributed by atoms with van der Waals surface area (Å²) in [6.45, 7) is 1.38. The van der Waals surface area contributed by atoms with Gasteiger partial charge in [-0.25, -0.2) is 0 Å². The van der Waals surface area contributed by atoms with E-state index in [9.17, 15) is 10.2 Å². The molecule has 0 amide bonds. The van der Waals surface area contributed by atoms with Crippen molar-refractivity contribution in [2.24, 2.45) is 0 Å². The molecule has 0 radical (unpaired) electrons. The van der Waals surface area contributed by atoms with E-state index in [1.54, 1.807) is 0 Å². The number of nitrogens with one attached hydrogen (secondary N) is 1. The zero-order valence-electron chi connectivity index (χ0n) is 10.1. The molecule has 1 aliphatic carbocycles. The maximum Gasteiger partial charge on any atom is 0.0802 e. The number of aliphatic hydroxyl groups excluding tert-OH is 1. The van der Waals surface area contributed by atoms with Gasteiger partial charge in [-0.1, -0.05) is 30.3 Å². The van der Waals surface area contributed by atoms with Gasteiger partial charge in [0.25, 0.3) is 0 Å². The summed E-state index contributed by atoms with van der Waals surface area (Å²) >= 11 is 0. The Bertz CT molecular complexity index is 335. The molecule has 1 aliphatic rings. The van der Waals surface area contributed by atoms with E-state index in [1.807, 2.05) is 30.3 Å². The first-order valence-corrected chi connectivity index (χ1v) is 6.36. The van der Waals surface area contributed by atoms with E-state index in [0.29, 0.717) is 13.0 Å². The van der Waals surface area contributed by atoms with Crippen LogP contribution in [0.25, 0.3) is 0 Å². The van der Waals surface area contributed by atoms with Crippen molar-refractivity contribution in [1.82, 2.24) is 5.32 Å². The number of hydrogen-bond donors (Lipinski definition) is 3. The molecule has 94 valence electrons. The van der Waals surface area contributed by atoms with E-state index in [2.05, 4.69) is 5.32 Å². The summed E-state index contributed by atoms with van der Waals surface area (Å²) in [4.78, 5) is 0. The topological polar surface area (TPSA) is 52.5 Å². The minimum Gasteiger partial charge on any atom is -0.389 e. The van der Waals surface area contributed by atoms with Crippen LogP contribution in [-0.4, -0.2) is 28.9 Å². The van der Waals surface area contributed by atoms with Gasteiger partial charge in [-0.3, -0.25) is 0 Å². The lowest BCUT2D eigenvalue weighted by Gasteiger charge is -2.36. The molecular weight excluding hydrogens is 214 g/mol. The molecule has 1 aromatic carbocycles. The van der Waals surface area contributed by atoms with E-state index < -0.39 is 11.7 Å². The zero-order chi connectivity index (χ0) is 12.1. The van der Waals surface area contributed by atoms with Gasteiger partial charge >= 0.3 is 0 Å². The molecule has 0 aromatic heterocycles. The van der Waals surface area contributed by atoms with Gasteiger partial charge in [0.05, 0.1) is 11.7 Å². The minimum atomic E-state index is -0.475. The Morgan fingerprint density at radius 1 is 1.24 bits per heavy atom. The highest BCUT2D eigenvalue weighted by molar-refractivity contribution is 5.17. The van der Waals surface area contributed by atoms with Crippen molar-refractivity contribution in [3.63, 3.8) is 0 Å². The normalized spacial score (nSPS) is 19.6. The molecule has 2 rings (SSSR count). The smallest absolute Gasteiger partial charge is 0.0802 e. The van der Waals surface area contributed by atoms with Gasteiger partial charge in [0.2, 0.25) is 0 Å².